The van der Waals surface area contributed by atoms with E-state index in [-0.39, 0.29) is 0 Å². The number of likely N-dealkylation sites (N-methyl/N-ethyl adjacent to an activating group) is 3. The second-order valence-corrected chi connectivity index (χ2v) is 6.55. The molecule has 0 aromatic rings. The van der Waals surface area contributed by atoms with Crippen LogP contribution >= 0.6 is 0 Å². The zero-order chi connectivity index (χ0) is 16.9. The van der Waals surface area contributed by atoms with Crippen LogP contribution < -0.4 is 0 Å². The van der Waals surface area contributed by atoms with Crippen LogP contribution in [0.3, 0.4) is 0 Å². The predicted molar refractivity (Wildman–Crippen MR) is 99.0 cm³/mol. The van der Waals surface area contributed by atoms with Crippen molar-refractivity contribution in [2.45, 2.75) is 33.6 Å². The van der Waals surface area contributed by atoms with Gasteiger partial charge < -0.3 is 19.4 Å². The third kappa shape index (κ3) is 9.01. The highest BCUT2D eigenvalue weighted by Crippen LogP contribution is 2.02. The maximum atomic E-state index is 5.39. The van der Waals surface area contributed by atoms with Gasteiger partial charge >= 0.3 is 0 Å². The van der Waals surface area contributed by atoms with Gasteiger partial charge in [0.25, 0.3) is 0 Å². The summed E-state index contributed by atoms with van der Waals surface area (Å²) >= 11 is 0. The summed E-state index contributed by atoms with van der Waals surface area (Å²) in [5.74, 6) is 0. The minimum absolute atomic E-state index is 0.757. The van der Waals surface area contributed by atoms with Crippen molar-refractivity contribution in [3.05, 3.63) is 0 Å². The molecule has 0 unspecified atom stereocenters. The number of hydrogen-bond donors (Lipinski definition) is 0. The lowest BCUT2D eigenvalue weighted by atomic mass is 10.3. The number of hydrogen-bond acceptors (Lipinski definition) is 5. The molecule has 0 radical (unpaired) electrons. The lowest BCUT2D eigenvalue weighted by Gasteiger charge is -2.30. The van der Waals surface area contributed by atoms with Crippen molar-refractivity contribution in [2.24, 2.45) is 0 Å². The zero-order valence-corrected chi connectivity index (χ0v) is 16.1. The average Bonchev–Trinajstić information content (AvgIpc) is 2.57. The molecule has 1 fully saturated rings. The Labute approximate surface area is 144 Å². The minimum atomic E-state index is 0.757. The molecule has 0 spiro atoms. The Morgan fingerprint density at radius 1 is 0.565 bits per heavy atom. The van der Waals surface area contributed by atoms with Gasteiger partial charge in [0.1, 0.15) is 0 Å². The Hall–Kier alpha value is -0.200. The van der Waals surface area contributed by atoms with Crippen LogP contribution in [0.1, 0.15) is 33.6 Å². The maximum absolute atomic E-state index is 5.39. The van der Waals surface area contributed by atoms with Crippen molar-refractivity contribution in [3.63, 3.8) is 0 Å². The van der Waals surface area contributed by atoms with Crippen LogP contribution in [0.2, 0.25) is 0 Å². The highest BCUT2D eigenvalue weighted by atomic mass is 16.5. The molecule has 5 nitrogen and oxygen atoms in total. The number of rotatable bonds is 5. The van der Waals surface area contributed by atoms with Gasteiger partial charge in [-0.05, 0) is 52.1 Å². The van der Waals surface area contributed by atoms with E-state index in [1.807, 2.05) is 0 Å². The Kier molecular flexibility index (Phi) is 11.9. The average molecular weight is 329 g/mol. The van der Waals surface area contributed by atoms with Crippen molar-refractivity contribution < 1.29 is 4.74 Å². The van der Waals surface area contributed by atoms with E-state index < -0.39 is 0 Å². The molecule has 1 aliphatic rings. The van der Waals surface area contributed by atoms with Gasteiger partial charge in [-0.15, -0.1) is 0 Å². The number of nitrogens with zero attached hydrogens (tertiary/aromatic N) is 4. The van der Waals surface area contributed by atoms with E-state index in [0.717, 1.165) is 39.5 Å². The van der Waals surface area contributed by atoms with E-state index in [4.69, 9.17) is 4.74 Å². The molecule has 0 N–H and O–H groups in total. The van der Waals surface area contributed by atoms with Gasteiger partial charge in [-0.25, -0.2) is 0 Å². The summed E-state index contributed by atoms with van der Waals surface area (Å²) in [4.78, 5) is 10.2. The molecule has 1 aliphatic heterocycles. The Morgan fingerprint density at radius 3 is 1.26 bits per heavy atom. The molecule has 0 saturated carbocycles. The molecule has 0 aromatic carbocycles. The first-order valence-electron chi connectivity index (χ1n) is 9.61. The second kappa shape index (κ2) is 13.1. The van der Waals surface area contributed by atoms with Gasteiger partial charge in [0.05, 0.1) is 6.73 Å². The Morgan fingerprint density at radius 2 is 0.913 bits per heavy atom. The quantitative estimate of drug-likeness (QED) is 0.763. The standard InChI is InChI=1S/C18H40N4O/c1-5-19-10-8-11-21(7-3)16-17-22(18-23-4)13-9-12-20(6-2)15-14-19/h5-18H2,1-4H3. The molecule has 1 heterocycles. The first kappa shape index (κ1) is 20.8. The molecule has 0 amide bonds. The van der Waals surface area contributed by atoms with Crippen LogP contribution in [0.4, 0.5) is 0 Å². The van der Waals surface area contributed by atoms with Crippen LogP contribution in [0, 0.1) is 0 Å². The molecule has 1 rings (SSSR count). The van der Waals surface area contributed by atoms with E-state index in [9.17, 15) is 0 Å². The molecule has 0 aliphatic carbocycles. The third-order valence-electron chi connectivity index (χ3n) is 5.02. The fourth-order valence-corrected chi connectivity index (χ4v) is 3.31. The summed E-state index contributed by atoms with van der Waals surface area (Å²) in [5, 5.41) is 0. The van der Waals surface area contributed by atoms with Gasteiger partial charge in [0.2, 0.25) is 0 Å². The smallest absolute Gasteiger partial charge is 0.0986 e. The molecular formula is C18H40N4O. The molecule has 1 saturated heterocycles. The van der Waals surface area contributed by atoms with Gasteiger partial charge in [-0.3, -0.25) is 4.90 Å². The first-order chi connectivity index (χ1) is 11.2. The molecule has 23 heavy (non-hydrogen) atoms. The highest BCUT2D eigenvalue weighted by Gasteiger charge is 2.12. The third-order valence-corrected chi connectivity index (χ3v) is 5.02. The van der Waals surface area contributed by atoms with E-state index in [0.29, 0.717) is 0 Å². The van der Waals surface area contributed by atoms with Crippen LogP contribution in [0.15, 0.2) is 0 Å². The van der Waals surface area contributed by atoms with Crippen molar-refractivity contribution >= 4 is 0 Å². The van der Waals surface area contributed by atoms with E-state index in [1.165, 1.54) is 52.1 Å². The topological polar surface area (TPSA) is 22.2 Å². The molecule has 0 bridgehead atoms. The SMILES string of the molecule is CCN1CCCN(CC)CCN(COC)CCCN(CC)CC1. The van der Waals surface area contributed by atoms with Crippen LogP contribution in [0.25, 0.3) is 0 Å². The second-order valence-electron chi connectivity index (χ2n) is 6.55. The van der Waals surface area contributed by atoms with Gasteiger partial charge in [0, 0.05) is 39.8 Å². The zero-order valence-electron chi connectivity index (χ0n) is 16.1. The van der Waals surface area contributed by atoms with E-state index in [2.05, 4.69) is 40.4 Å². The van der Waals surface area contributed by atoms with Gasteiger partial charge in [-0.2, -0.15) is 0 Å². The Balaban J connectivity index is 2.58. The highest BCUT2D eigenvalue weighted by molar-refractivity contribution is 4.67. The summed E-state index contributed by atoms with van der Waals surface area (Å²) in [6.45, 7) is 20.5. The molecule has 5 heteroatoms. The fourth-order valence-electron chi connectivity index (χ4n) is 3.31. The number of methoxy groups -OCH3 is 1. The summed E-state index contributed by atoms with van der Waals surface area (Å²) in [7, 11) is 1.81. The minimum Gasteiger partial charge on any atom is -0.369 e. The van der Waals surface area contributed by atoms with E-state index >= 15 is 0 Å². The lowest BCUT2D eigenvalue weighted by molar-refractivity contribution is 0.0516. The molecule has 0 atom stereocenters. The lowest BCUT2D eigenvalue weighted by Crippen LogP contribution is -2.41. The largest absolute Gasteiger partial charge is 0.369 e. The van der Waals surface area contributed by atoms with Crippen LogP contribution in [-0.2, 0) is 4.74 Å². The van der Waals surface area contributed by atoms with E-state index in [1.54, 1.807) is 7.11 Å². The monoisotopic (exact) mass is 328 g/mol. The summed E-state index contributed by atoms with van der Waals surface area (Å²) < 4.78 is 5.39. The number of ether oxygens (including phenoxy) is 1. The van der Waals surface area contributed by atoms with Crippen molar-refractivity contribution in [1.29, 1.82) is 0 Å². The van der Waals surface area contributed by atoms with Gasteiger partial charge in [0.15, 0.2) is 0 Å². The van der Waals surface area contributed by atoms with Crippen molar-refractivity contribution in [3.8, 4) is 0 Å². The normalized spacial score (nSPS) is 23.0. The van der Waals surface area contributed by atoms with Crippen molar-refractivity contribution in [1.82, 2.24) is 19.6 Å². The first-order valence-corrected chi connectivity index (χ1v) is 9.61. The fraction of sp³-hybridized carbons (Fsp3) is 1.00. The summed E-state index contributed by atoms with van der Waals surface area (Å²) in [6, 6.07) is 0. The summed E-state index contributed by atoms with van der Waals surface area (Å²) in [6.07, 6.45) is 2.51. The molecular weight excluding hydrogens is 288 g/mol. The summed E-state index contributed by atoms with van der Waals surface area (Å²) in [5.41, 5.74) is 0. The predicted octanol–water partition coefficient (Wildman–Crippen LogP) is 1.65. The van der Waals surface area contributed by atoms with Crippen LogP contribution in [-0.4, -0.2) is 105 Å². The Bertz CT molecular complexity index is 278. The molecule has 138 valence electrons. The maximum Gasteiger partial charge on any atom is 0.0986 e. The van der Waals surface area contributed by atoms with Gasteiger partial charge in [-0.1, -0.05) is 20.8 Å². The van der Waals surface area contributed by atoms with Crippen molar-refractivity contribution in [2.75, 3.05) is 85.8 Å². The molecule has 0 aromatic heterocycles. The van der Waals surface area contributed by atoms with Crippen LogP contribution in [0.5, 0.6) is 0 Å².